The highest BCUT2D eigenvalue weighted by atomic mass is 31.2. The van der Waals surface area contributed by atoms with Gasteiger partial charge in [0.15, 0.2) is 0 Å². The molecule has 0 heterocycles. The van der Waals surface area contributed by atoms with Crippen LogP contribution in [0.15, 0.2) is 24.3 Å². The van der Waals surface area contributed by atoms with Crippen LogP contribution in [0.2, 0.25) is 0 Å². The Kier molecular flexibility index (Phi) is 2.83. The van der Waals surface area contributed by atoms with Crippen LogP contribution < -0.4 is 5.73 Å². The first-order chi connectivity index (χ1) is 5.91. The van der Waals surface area contributed by atoms with E-state index in [1.54, 1.807) is 0 Å². The van der Waals surface area contributed by atoms with Gasteiger partial charge in [0.1, 0.15) is 11.6 Å². The number of rotatable bonds is 2. The SMILES string of the molecule is N[C@@H](c1ccc(F)cc1)P(=O)(O)O. The second kappa shape index (κ2) is 3.55. The molecule has 4 nitrogen and oxygen atoms in total. The maximum atomic E-state index is 12.4. The fourth-order valence-corrected chi connectivity index (χ4v) is 1.41. The molecule has 13 heavy (non-hydrogen) atoms. The summed E-state index contributed by atoms with van der Waals surface area (Å²) >= 11 is 0. The van der Waals surface area contributed by atoms with Gasteiger partial charge in [0.2, 0.25) is 0 Å². The minimum atomic E-state index is -4.34. The van der Waals surface area contributed by atoms with Gasteiger partial charge in [-0.1, -0.05) is 12.1 Å². The molecular formula is C7H9FNO3P. The quantitative estimate of drug-likeness (QED) is 0.628. The van der Waals surface area contributed by atoms with E-state index in [9.17, 15) is 8.96 Å². The molecule has 1 atom stereocenters. The van der Waals surface area contributed by atoms with E-state index in [1.807, 2.05) is 0 Å². The first-order valence-corrected chi connectivity index (χ1v) is 5.15. The molecule has 0 spiro atoms. The average Bonchev–Trinajstić information content (AvgIpc) is 2.03. The Morgan fingerprint density at radius 3 is 2.15 bits per heavy atom. The maximum Gasteiger partial charge on any atom is 0.346 e. The van der Waals surface area contributed by atoms with Crippen molar-refractivity contribution in [2.75, 3.05) is 0 Å². The van der Waals surface area contributed by atoms with Gasteiger partial charge in [0.05, 0.1) is 0 Å². The molecule has 0 saturated carbocycles. The van der Waals surface area contributed by atoms with Crippen molar-refractivity contribution in [3.05, 3.63) is 35.6 Å². The fourth-order valence-electron chi connectivity index (χ4n) is 0.854. The minimum Gasteiger partial charge on any atom is -0.323 e. The van der Waals surface area contributed by atoms with Crippen molar-refractivity contribution in [2.24, 2.45) is 5.73 Å². The van der Waals surface area contributed by atoms with Crippen LogP contribution in [-0.2, 0) is 4.57 Å². The number of hydrogen-bond acceptors (Lipinski definition) is 2. The molecule has 0 unspecified atom stereocenters. The molecule has 4 N–H and O–H groups in total. The second-order valence-corrected chi connectivity index (χ2v) is 4.32. The summed E-state index contributed by atoms with van der Waals surface area (Å²) < 4.78 is 23.1. The minimum absolute atomic E-state index is 0.217. The van der Waals surface area contributed by atoms with E-state index in [-0.39, 0.29) is 5.56 Å². The molecule has 6 heteroatoms. The smallest absolute Gasteiger partial charge is 0.323 e. The molecule has 0 amide bonds. The zero-order valence-electron chi connectivity index (χ0n) is 6.59. The van der Waals surface area contributed by atoms with Crippen molar-refractivity contribution in [3.63, 3.8) is 0 Å². The standard InChI is InChI=1S/C7H9FNO3P/c8-6-3-1-5(2-4-6)7(9)13(10,11)12/h1-4,7H,9H2,(H2,10,11,12)/t7-/m1/s1. The zero-order valence-corrected chi connectivity index (χ0v) is 7.49. The van der Waals surface area contributed by atoms with Gasteiger partial charge in [0.25, 0.3) is 0 Å². The van der Waals surface area contributed by atoms with E-state index in [2.05, 4.69) is 0 Å². The monoisotopic (exact) mass is 205 g/mol. The second-order valence-electron chi connectivity index (χ2n) is 2.59. The fraction of sp³-hybridized carbons (Fsp3) is 0.143. The maximum absolute atomic E-state index is 12.4. The van der Waals surface area contributed by atoms with Crippen LogP contribution in [0, 0.1) is 5.82 Å². The number of hydrogen-bond donors (Lipinski definition) is 3. The summed E-state index contributed by atoms with van der Waals surface area (Å²) in [6.07, 6.45) is 0. The number of nitrogens with two attached hydrogens (primary N) is 1. The van der Waals surface area contributed by atoms with Crippen LogP contribution in [0.25, 0.3) is 0 Å². The lowest BCUT2D eigenvalue weighted by Gasteiger charge is -2.12. The van der Waals surface area contributed by atoms with Gasteiger partial charge < -0.3 is 15.5 Å². The Bertz CT molecular complexity index is 334. The van der Waals surface area contributed by atoms with Crippen LogP contribution in [0.3, 0.4) is 0 Å². The van der Waals surface area contributed by atoms with E-state index in [4.69, 9.17) is 15.5 Å². The Morgan fingerprint density at radius 2 is 1.77 bits per heavy atom. The van der Waals surface area contributed by atoms with Crippen molar-refractivity contribution in [1.82, 2.24) is 0 Å². The Labute approximate surface area is 74.4 Å². The highest BCUT2D eigenvalue weighted by molar-refractivity contribution is 7.52. The van der Waals surface area contributed by atoms with Crippen molar-refractivity contribution in [2.45, 2.75) is 5.78 Å². The van der Waals surface area contributed by atoms with Gasteiger partial charge in [0, 0.05) is 0 Å². The van der Waals surface area contributed by atoms with Crippen LogP contribution in [0.5, 0.6) is 0 Å². The molecule has 1 aromatic carbocycles. The first kappa shape index (κ1) is 10.3. The summed E-state index contributed by atoms with van der Waals surface area (Å²) in [4.78, 5) is 17.4. The summed E-state index contributed by atoms with van der Waals surface area (Å²) in [5.41, 5.74) is 5.45. The lowest BCUT2D eigenvalue weighted by atomic mass is 10.2. The lowest BCUT2D eigenvalue weighted by Crippen LogP contribution is -2.10. The van der Waals surface area contributed by atoms with Crippen LogP contribution >= 0.6 is 7.60 Å². The van der Waals surface area contributed by atoms with Crippen molar-refractivity contribution in [1.29, 1.82) is 0 Å². The first-order valence-electron chi connectivity index (χ1n) is 3.47. The molecule has 0 saturated heterocycles. The summed E-state index contributed by atoms with van der Waals surface area (Å²) in [6, 6.07) is 4.70. The van der Waals surface area contributed by atoms with Gasteiger partial charge in [-0.2, -0.15) is 0 Å². The molecule has 0 aliphatic heterocycles. The number of benzene rings is 1. The van der Waals surface area contributed by atoms with Gasteiger partial charge in [-0.3, -0.25) is 4.57 Å². The molecule has 72 valence electrons. The van der Waals surface area contributed by atoms with E-state index in [0.717, 1.165) is 12.1 Å². The van der Waals surface area contributed by atoms with E-state index in [1.165, 1.54) is 12.1 Å². The van der Waals surface area contributed by atoms with Gasteiger partial charge in [-0.25, -0.2) is 4.39 Å². The molecule has 1 aromatic rings. The summed E-state index contributed by atoms with van der Waals surface area (Å²) in [6.45, 7) is 0. The third kappa shape index (κ3) is 2.60. The van der Waals surface area contributed by atoms with Crippen LogP contribution in [-0.4, -0.2) is 9.79 Å². The lowest BCUT2D eigenvalue weighted by molar-refractivity contribution is 0.359. The van der Waals surface area contributed by atoms with E-state index < -0.39 is 19.2 Å². The van der Waals surface area contributed by atoms with Gasteiger partial charge in [-0.05, 0) is 17.7 Å². The summed E-state index contributed by atoms with van der Waals surface area (Å²) in [5.74, 6) is -1.85. The average molecular weight is 205 g/mol. The third-order valence-corrected chi connectivity index (χ3v) is 2.60. The molecular weight excluding hydrogens is 196 g/mol. The molecule has 1 rings (SSSR count). The van der Waals surface area contributed by atoms with Crippen molar-refractivity contribution in [3.8, 4) is 0 Å². The van der Waals surface area contributed by atoms with E-state index >= 15 is 0 Å². The largest absolute Gasteiger partial charge is 0.346 e. The number of halogens is 1. The summed E-state index contributed by atoms with van der Waals surface area (Å²) in [5, 5.41) is 0. The molecule has 0 aliphatic carbocycles. The van der Waals surface area contributed by atoms with Gasteiger partial charge in [-0.15, -0.1) is 0 Å². The van der Waals surface area contributed by atoms with Crippen molar-refractivity contribution >= 4 is 7.60 Å². The predicted molar refractivity (Wildman–Crippen MR) is 45.4 cm³/mol. The Balaban J connectivity index is 2.97. The zero-order chi connectivity index (χ0) is 10.1. The predicted octanol–water partition coefficient (Wildman–Crippen LogP) is 0.961. The Hall–Kier alpha value is -0.740. The molecule has 0 bridgehead atoms. The molecule has 0 aromatic heterocycles. The summed E-state index contributed by atoms with van der Waals surface area (Å²) in [7, 11) is -4.34. The molecule has 0 radical (unpaired) electrons. The topological polar surface area (TPSA) is 83.6 Å². The van der Waals surface area contributed by atoms with Crippen LogP contribution in [0.1, 0.15) is 11.3 Å². The van der Waals surface area contributed by atoms with Crippen LogP contribution in [0.4, 0.5) is 4.39 Å². The van der Waals surface area contributed by atoms with E-state index in [0.29, 0.717) is 0 Å². The highest BCUT2D eigenvalue weighted by Gasteiger charge is 2.25. The molecule has 0 aliphatic rings. The Morgan fingerprint density at radius 1 is 1.31 bits per heavy atom. The molecule has 0 fully saturated rings. The highest BCUT2D eigenvalue weighted by Crippen LogP contribution is 2.47. The van der Waals surface area contributed by atoms with Crippen molar-refractivity contribution < 1.29 is 18.7 Å². The normalized spacial score (nSPS) is 14.2. The third-order valence-electron chi connectivity index (χ3n) is 1.57. The van der Waals surface area contributed by atoms with Gasteiger partial charge >= 0.3 is 7.60 Å².